The first kappa shape index (κ1) is 7.95. The Morgan fingerprint density at radius 2 is 2.00 bits per heavy atom. The number of carboxylic acid groups (broad SMARTS) is 1. The van der Waals surface area contributed by atoms with E-state index in [1.165, 1.54) is 0 Å². The van der Waals surface area contributed by atoms with Crippen LogP contribution in [0.5, 0.6) is 0 Å². The molecule has 0 atom stereocenters. The molecule has 0 saturated carbocycles. The third kappa shape index (κ3) is 4.81. The summed E-state index contributed by atoms with van der Waals surface area (Å²) in [5.41, 5.74) is 0.956. The monoisotopic (exact) mass is 126 g/mol. The predicted octanol–water partition coefficient (Wildman–Crippen LogP) is 1.59. The zero-order valence-corrected chi connectivity index (χ0v) is 5.59. The Balaban J connectivity index is 3.86. The quantitative estimate of drug-likeness (QED) is 0.450. The van der Waals surface area contributed by atoms with Gasteiger partial charge in [0.05, 0.1) is 0 Å². The summed E-state index contributed by atoms with van der Waals surface area (Å²) in [6.07, 6.45) is 4.52. The maximum atomic E-state index is 9.91. The summed E-state index contributed by atoms with van der Waals surface area (Å²) in [6.45, 7) is 3.71. The minimum absolute atomic E-state index is 0.906. The van der Waals surface area contributed by atoms with Crippen molar-refractivity contribution in [3.8, 4) is 0 Å². The van der Waals surface area contributed by atoms with Crippen LogP contribution in [-0.2, 0) is 4.79 Å². The minimum atomic E-state index is -0.906. The fourth-order valence-electron chi connectivity index (χ4n) is 0.299. The molecule has 0 heterocycles. The van der Waals surface area contributed by atoms with Crippen molar-refractivity contribution < 1.29 is 9.90 Å². The third-order valence-electron chi connectivity index (χ3n) is 0.944. The summed E-state index contributed by atoms with van der Waals surface area (Å²) < 4.78 is 0. The van der Waals surface area contributed by atoms with Gasteiger partial charge in [0.25, 0.3) is 0 Å². The second-order valence-electron chi connectivity index (χ2n) is 1.70. The SMILES string of the molecule is C/C=C(/C)C=CC(=O)O. The lowest BCUT2D eigenvalue weighted by Crippen LogP contribution is -1.85. The van der Waals surface area contributed by atoms with Crippen LogP contribution in [0.2, 0.25) is 0 Å². The molecule has 0 aromatic carbocycles. The van der Waals surface area contributed by atoms with Crippen molar-refractivity contribution in [3.05, 3.63) is 23.8 Å². The Hall–Kier alpha value is -1.05. The lowest BCUT2D eigenvalue weighted by molar-refractivity contribution is -0.131. The van der Waals surface area contributed by atoms with Crippen molar-refractivity contribution in [1.29, 1.82) is 0 Å². The Morgan fingerprint density at radius 1 is 1.44 bits per heavy atom. The molecule has 0 aromatic heterocycles. The largest absolute Gasteiger partial charge is 0.478 e. The van der Waals surface area contributed by atoms with Crippen LogP contribution in [0.3, 0.4) is 0 Å². The van der Waals surface area contributed by atoms with Gasteiger partial charge in [-0.25, -0.2) is 4.79 Å². The van der Waals surface area contributed by atoms with Gasteiger partial charge in [0.2, 0.25) is 0 Å². The van der Waals surface area contributed by atoms with E-state index in [2.05, 4.69) is 0 Å². The Kier molecular flexibility index (Phi) is 3.44. The number of hydrogen-bond donors (Lipinski definition) is 1. The number of carboxylic acids is 1. The molecule has 0 aliphatic rings. The van der Waals surface area contributed by atoms with E-state index in [-0.39, 0.29) is 0 Å². The van der Waals surface area contributed by atoms with Gasteiger partial charge >= 0.3 is 5.97 Å². The zero-order chi connectivity index (χ0) is 7.28. The van der Waals surface area contributed by atoms with Gasteiger partial charge in [-0.05, 0) is 13.8 Å². The lowest BCUT2D eigenvalue weighted by Gasteiger charge is -1.83. The van der Waals surface area contributed by atoms with Gasteiger partial charge in [-0.15, -0.1) is 0 Å². The summed E-state index contributed by atoms with van der Waals surface area (Å²) in [6, 6.07) is 0. The maximum absolute atomic E-state index is 9.91. The number of carbonyl (C=O) groups is 1. The second kappa shape index (κ2) is 3.89. The zero-order valence-electron chi connectivity index (χ0n) is 5.59. The Morgan fingerprint density at radius 3 is 2.33 bits per heavy atom. The summed E-state index contributed by atoms with van der Waals surface area (Å²) in [7, 11) is 0. The van der Waals surface area contributed by atoms with Gasteiger partial charge in [-0.2, -0.15) is 0 Å². The molecule has 0 bridgehead atoms. The van der Waals surface area contributed by atoms with Crippen molar-refractivity contribution in [2.75, 3.05) is 0 Å². The molecule has 9 heavy (non-hydrogen) atoms. The number of rotatable bonds is 2. The highest BCUT2D eigenvalue weighted by Crippen LogP contribution is 1.92. The van der Waals surface area contributed by atoms with Gasteiger partial charge in [0.1, 0.15) is 0 Å². The summed E-state index contributed by atoms with van der Waals surface area (Å²) in [5, 5.41) is 8.14. The molecule has 0 radical (unpaired) electrons. The minimum Gasteiger partial charge on any atom is -0.478 e. The van der Waals surface area contributed by atoms with E-state index in [1.54, 1.807) is 6.08 Å². The number of hydrogen-bond acceptors (Lipinski definition) is 1. The van der Waals surface area contributed by atoms with Crippen LogP contribution in [-0.4, -0.2) is 11.1 Å². The lowest BCUT2D eigenvalue weighted by atomic mass is 10.3. The van der Waals surface area contributed by atoms with Crippen LogP contribution < -0.4 is 0 Å². The average Bonchev–Trinajstić information content (AvgIpc) is 1.83. The molecule has 0 fully saturated rings. The van der Waals surface area contributed by atoms with E-state index in [9.17, 15) is 4.79 Å². The molecule has 2 nitrogen and oxygen atoms in total. The summed E-state index contributed by atoms with van der Waals surface area (Å²) in [5.74, 6) is -0.906. The second-order valence-corrected chi connectivity index (χ2v) is 1.70. The van der Waals surface area contributed by atoms with Crippen LogP contribution in [0.25, 0.3) is 0 Å². The van der Waals surface area contributed by atoms with Gasteiger partial charge in [-0.3, -0.25) is 0 Å². The van der Waals surface area contributed by atoms with Crippen molar-refractivity contribution in [2.24, 2.45) is 0 Å². The van der Waals surface area contributed by atoms with Crippen LogP contribution in [0.15, 0.2) is 23.8 Å². The number of allylic oxidation sites excluding steroid dienone is 3. The van der Waals surface area contributed by atoms with Crippen LogP contribution in [0.4, 0.5) is 0 Å². The number of aliphatic carboxylic acids is 1. The molecule has 0 aromatic rings. The van der Waals surface area contributed by atoms with E-state index >= 15 is 0 Å². The van der Waals surface area contributed by atoms with Crippen LogP contribution in [0, 0.1) is 0 Å². The normalized spacial score (nSPS) is 12.4. The van der Waals surface area contributed by atoms with E-state index in [0.717, 1.165) is 11.6 Å². The highest BCUT2D eigenvalue weighted by molar-refractivity contribution is 5.80. The highest BCUT2D eigenvalue weighted by atomic mass is 16.4. The molecule has 0 rings (SSSR count). The highest BCUT2D eigenvalue weighted by Gasteiger charge is 1.83. The van der Waals surface area contributed by atoms with E-state index in [4.69, 9.17) is 5.11 Å². The first-order valence-corrected chi connectivity index (χ1v) is 2.70. The van der Waals surface area contributed by atoms with Gasteiger partial charge < -0.3 is 5.11 Å². The van der Waals surface area contributed by atoms with Gasteiger partial charge in [0, 0.05) is 6.08 Å². The molecule has 2 heteroatoms. The molecular formula is C7H10O2. The van der Waals surface area contributed by atoms with Gasteiger partial charge in [0.15, 0.2) is 0 Å². The summed E-state index contributed by atoms with van der Waals surface area (Å²) >= 11 is 0. The van der Waals surface area contributed by atoms with Crippen LogP contribution >= 0.6 is 0 Å². The molecule has 0 spiro atoms. The topological polar surface area (TPSA) is 37.3 Å². The fourth-order valence-corrected chi connectivity index (χ4v) is 0.299. The summed E-state index contributed by atoms with van der Waals surface area (Å²) in [4.78, 5) is 9.91. The molecule has 0 amide bonds. The van der Waals surface area contributed by atoms with Gasteiger partial charge in [-0.1, -0.05) is 17.7 Å². The fraction of sp³-hybridized carbons (Fsp3) is 0.286. The Bertz CT molecular complexity index is 154. The molecule has 50 valence electrons. The van der Waals surface area contributed by atoms with Crippen molar-refractivity contribution >= 4 is 5.97 Å². The first-order valence-electron chi connectivity index (χ1n) is 2.70. The van der Waals surface area contributed by atoms with Crippen molar-refractivity contribution in [1.82, 2.24) is 0 Å². The molecule has 0 saturated heterocycles. The predicted molar refractivity (Wildman–Crippen MR) is 36.2 cm³/mol. The molecular weight excluding hydrogens is 116 g/mol. The van der Waals surface area contributed by atoms with E-state index in [1.807, 2.05) is 19.9 Å². The average molecular weight is 126 g/mol. The molecule has 0 aliphatic carbocycles. The standard InChI is InChI=1S/C7H10O2/c1-3-6(2)4-5-7(8)9/h3-5H,1-2H3,(H,8,9)/b5-4?,6-3-. The Labute approximate surface area is 54.5 Å². The maximum Gasteiger partial charge on any atom is 0.328 e. The smallest absolute Gasteiger partial charge is 0.328 e. The van der Waals surface area contributed by atoms with E-state index < -0.39 is 5.97 Å². The first-order chi connectivity index (χ1) is 4.16. The molecule has 0 aliphatic heterocycles. The van der Waals surface area contributed by atoms with Crippen LogP contribution in [0.1, 0.15) is 13.8 Å². The molecule has 1 N–H and O–H groups in total. The third-order valence-corrected chi connectivity index (χ3v) is 0.944. The van der Waals surface area contributed by atoms with Crippen molar-refractivity contribution in [3.63, 3.8) is 0 Å². The molecule has 0 unspecified atom stereocenters. The van der Waals surface area contributed by atoms with E-state index in [0.29, 0.717) is 0 Å². The van der Waals surface area contributed by atoms with Crippen molar-refractivity contribution in [2.45, 2.75) is 13.8 Å².